The number of para-hydroxylation sites is 1. The topological polar surface area (TPSA) is 74.0 Å². The molecule has 0 spiro atoms. The highest BCUT2D eigenvalue weighted by atomic mass is 16.2. The summed E-state index contributed by atoms with van der Waals surface area (Å²) in [5.41, 5.74) is 1.47. The van der Waals surface area contributed by atoms with E-state index in [1.807, 2.05) is 30.3 Å². The minimum atomic E-state index is -0.157. The van der Waals surface area contributed by atoms with Gasteiger partial charge < -0.3 is 15.6 Å². The Morgan fingerprint density at radius 2 is 2.16 bits per heavy atom. The minimum Gasteiger partial charge on any atom is -0.356 e. The first-order valence-electron chi connectivity index (χ1n) is 6.38. The second-order valence-corrected chi connectivity index (χ2v) is 4.78. The monoisotopic (exact) mass is 257 g/mol. The summed E-state index contributed by atoms with van der Waals surface area (Å²) < 4.78 is 0. The summed E-state index contributed by atoms with van der Waals surface area (Å²) in [5.74, 6) is -0.163. The number of carbonyl (C=O) groups is 2. The smallest absolute Gasteiger partial charge is 0.267 e. The molecule has 1 unspecified atom stereocenters. The average Bonchev–Trinajstić information content (AvgIpc) is 2.82. The molecule has 1 saturated heterocycles. The van der Waals surface area contributed by atoms with Gasteiger partial charge in [0.05, 0.1) is 0 Å². The van der Waals surface area contributed by atoms with Crippen molar-refractivity contribution in [3.63, 3.8) is 0 Å². The fraction of sp³-hybridized carbons (Fsp3) is 0.286. The minimum absolute atomic E-state index is 0.00630. The molecule has 1 aromatic carbocycles. The number of nitrogens with one attached hydrogen (secondary N) is 3. The SMILES string of the molecule is O=C1CC(NC(=O)c2cc3ccccc3[nH]2)CCN1. The van der Waals surface area contributed by atoms with Gasteiger partial charge in [0.2, 0.25) is 5.91 Å². The van der Waals surface area contributed by atoms with Crippen molar-refractivity contribution in [2.45, 2.75) is 18.9 Å². The zero-order valence-electron chi connectivity index (χ0n) is 10.4. The maximum atomic E-state index is 12.1. The number of amides is 2. The lowest BCUT2D eigenvalue weighted by molar-refractivity contribution is -0.122. The number of hydrogen-bond donors (Lipinski definition) is 3. The highest BCUT2D eigenvalue weighted by molar-refractivity contribution is 5.98. The van der Waals surface area contributed by atoms with Gasteiger partial charge in [0.15, 0.2) is 0 Å². The average molecular weight is 257 g/mol. The van der Waals surface area contributed by atoms with Crippen molar-refractivity contribution in [2.24, 2.45) is 0 Å². The molecule has 0 aliphatic carbocycles. The van der Waals surface area contributed by atoms with E-state index in [9.17, 15) is 9.59 Å². The first kappa shape index (κ1) is 11.8. The molecule has 1 aliphatic rings. The summed E-state index contributed by atoms with van der Waals surface area (Å²) in [6, 6.07) is 9.49. The summed E-state index contributed by atoms with van der Waals surface area (Å²) in [5, 5.41) is 6.65. The van der Waals surface area contributed by atoms with E-state index in [1.54, 1.807) is 0 Å². The molecule has 19 heavy (non-hydrogen) atoms. The Morgan fingerprint density at radius 1 is 1.32 bits per heavy atom. The van der Waals surface area contributed by atoms with Crippen molar-refractivity contribution in [3.05, 3.63) is 36.0 Å². The predicted octanol–water partition coefficient (Wildman–Crippen LogP) is 1.18. The standard InChI is InChI=1S/C14H15N3O2/c18-13-8-10(5-6-15-13)16-14(19)12-7-9-3-1-2-4-11(9)17-12/h1-4,7,10,17H,5-6,8H2,(H,15,18)(H,16,19). The van der Waals surface area contributed by atoms with Crippen LogP contribution in [0, 0.1) is 0 Å². The molecule has 1 fully saturated rings. The third-order valence-electron chi connectivity index (χ3n) is 3.36. The van der Waals surface area contributed by atoms with Crippen LogP contribution in [0.25, 0.3) is 10.9 Å². The molecule has 2 aromatic rings. The molecule has 0 saturated carbocycles. The third kappa shape index (κ3) is 2.45. The molecule has 2 amide bonds. The van der Waals surface area contributed by atoms with Crippen LogP contribution in [0.1, 0.15) is 23.3 Å². The maximum absolute atomic E-state index is 12.1. The van der Waals surface area contributed by atoms with Crippen molar-refractivity contribution in [1.82, 2.24) is 15.6 Å². The van der Waals surface area contributed by atoms with Crippen molar-refractivity contribution in [3.8, 4) is 0 Å². The summed E-state index contributed by atoms with van der Waals surface area (Å²) in [6.07, 6.45) is 1.13. The zero-order valence-corrected chi connectivity index (χ0v) is 10.4. The van der Waals surface area contributed by atoms with Crippen LogP contribution in [0.2, 0.25) is 0 Å². The van der Waals surface area contributed by atoms with Gasteiger partial charge in [-0.15, -0.1) is 0 Å². The van der Waals surface area contributed by atoms with Crippen LogP contribution in [0.5, 0.6) is 0 Å². The van der Waals surface area contributed by atoms with Gasteiger partial charge in [0.1, 0.15) is 5.69 Å². The molecular weight excluding hydrogens is 242 g/mol. The summed E-state index contributed by atoms with van der Waals surface area (Å²) in [4.78, 5) is 26.5. The van der Waals surface area contributed by atoms with Gasteiger partial charge in [0.25, 0.3) is 5.91 Å². The van der Waals surface area contributed by atoms with Gasteiger partial charge in [0, 0.05) is 29.9 Å². The van der Waals surface area contributed by atoms with E-state index in [0.29, 0.717) is 18.7 Å². The maximum Gasteiger partial charge on any atom is 0.267 e. The van der Waals surface area contributed by atoms with E-state index in [1.165, 1.54) is 0 Å². The Bertz CT molecular complexity index is 599. The Hall–Kier alpha value is -2.30. The molecule has 1 aliphatic heterocycles. The molecule has 3 rings (SSSR count). The molecule has 5 nitrogen and oxygen atoms in total. The quantitative estimate of drug-likeness (QED) is 0.755. The summed E-state index contributed by atoms with van der Waals surface area (Å²) >= 11 is 0. The number of aromatic nitrogens is 1. The first-order chi connectivity index (χ1) is 9.22. The lowest BCUT2D eigenvalue weighted by atomic mass is 10.1. The number of piperidine rings is 1. The Kier molecular flexibility index (Phi) is 2.95. The molecule has 98 valence electrons. The molecule has 0 radical (unpaired) electrons. The highest BCUT2D eigenvalue weighted by Crippen LogP contribution is 2.15. The van der Waals surface area contributed by atoms with Crippen LogP contribution in [-0.2, 0) is 4.79 Å². The van der Waals surface area contributed by atoms with Gasteiger partial charge in [-0.2, -0.15) is 0 Å². The van der Waals surface area contributed by atoms with Gasteiger partial charge in [-0.1, -0.05) is 18.2 Å². The normalized spacial score (nSPS) is 19.2. The zero-order chi connectivity index (χ0) is 13.2. The van der Waals surface area contributed by atoms with Crippen LogP contribution >= 0.6 is 0 Å². The number of carbonyl (C=O) groups excluding carboxylic acids is 2. The lowest BCUT2D eigenvalue weighted by Gasteiger charge is -2.22. The molecule has 1 atom stereocenters. The van der Waals surface area contributed by atoms with E-state index in [0.717, 1.165) is 17.3 Å². The largest absolute Gasteiger partial charge is 0.356 e. The highest BCUT2D eigenvalue weighted by Gasteiger charge is 2.21. The lowest BCUT2D eigenvalue weighted by Crippen LogP contribution is -2.45. The van der Waals surface area contributed by atoms with Crippen molar-refractivity contribution >= 4 is 22.7 Å². The molecule has 3 N–H and O–H groups in total. The number of rotatable bonds is 2. The van der Waals surface area contributed by atoms with Crippen molar-refractivity contribution in [1.29, 1.82) is 0 Å². The summed E-state index contributed by atoms with van der Waals surface area (Å²) in [6.45, 7) is 0.622. The Balaban J connectivity index is 1.74. The van der Waals surface area contributed by atoms with Gasteiger partial charge >= 0.3 is 0 Å². The molecule has 1 aromatic heterocycles. The predicted molar refractivity (Wildman–Crippen MR) is 71.8 cm³/mol. The van der Waals surface area contributed by atoms with Crippen LogP contribution in [0.3, 0.4) is 0 Å². The van der Waals surface area contributed by atoms with Crippen LogP contribution in [-0.4, -0.2) is 29.4 Å². The van der Waals surface area contributed by atoms with Gasteiger partial charge in [-0.05, 0) is 18.6 Å². The second kappa shape index (κ2) is 4.76. The first-order valence-corrected chi connectivity index (χ1v) is 6.38. The van der Waals surface area contributed by atoms with E-state index in [2.05, 4.69) is 15.6 Å². The molecule has 5 heteroatoms. The third-order valence-corrected chi connectivity index (χ3v) is 3.36. The number of fused-ring (bicyclic) bond motifs is 1. The molecule has 2 heterocycles. The Labute approximate surface area is 110 Å². The van der Waals surface area contributed by atoms with Crippen molar-refractivity contribution in [2.75, 3.05) is 6.54 Å². The number of H-pyrrole nitrogens is 1. The van der Waals surface area contributed by atoms with Crippen LogP contribution < -0.4 is 10.6 Å². The van der Waals surface area contributed by atoms with Crippen molar-refractivity contribution < 1.29 is 9.59 Å². The van der Waals surface area contributed by atoms with Crippen LogP contribution in [0.4, 0.5) is 0 Å². The number of hydrogen-bond acceptors (Lipinski definition) is 2. The second-order valence-electron chi connectivity index (χ2n) is 4.78. The van der Waals surface area contributed by atoms with E-state index >= 15 is 0 Å². The fourth-order valence-electron chi connectivity index (χ4n) is 2.37. The van der Waals surface area contributed by atoms with Gasteiger partial charge in [-0.3, -0.25) is 9.59 Å². The van der Waals surface area contributed by atoms with E-state index in [-0.39, 0.29) is 17.9 Å². The number of aromatic amines is 1. The van der Waals surface area contributed by atoms with E-state index in [4.69, 9.17) is 0 Å². The summed E-state index contributed by atoms with van der Waals surface area (Å²) in [7, 11) is 0. The fourth-order valence-corrected chi connectivity index (χ4v) is 2.37. The van der Waals surface area contributed by atoms with Crippen LogP contribution in [0.15, 0.2) is 30.3 Å². The molecular formula is C14H15N3O2. The Morgan fingerprint density at radius 3 is 2.95 bits per heavy atom. The number of benzene rings is 1. The molecule has 0 bridgehead atoms. The van der Waals surface area contributed by atoms with E-state index < -0.39 is 0 Å². The van der Waals surface area contributed by atoms with Gasteiger partial charge in [-0.25, -0.2) is 0 Å².